The third-order valence-electron chi connectivity index (χ3n) is 4.33. The number of halogens is 1. The molecule has 1 fully saturated rings. The van der Waals surface area contributed by atoms with Crippen LogP contribution in [-0.4, -0.2) is 18.4 Å². The molecular weight excluding hydrogens is 335 g/mol. The summed E-state index contributed by atoms with van der Waals surface area (Å²) in [5.74, 6) is 1.08. The monoisotopic (exact) mass is 356 g/mol. The van der Waals surface area contributed by atoms with Crippen LogP contribution < -0.4 is 15.4 Å². The predicted octanol–water partition coefficient (Wildman–Crippen LogP) is 3.01. The highest BCUT2D eigenvalue weighted by atomic mass is 19.1. The fourth-order valence-electron chi connectivity index (χ4n) is 2.56. The van der Waals surface area contributed by atoms with Crippen LogP contribution in [0.5, 0.6) is 11.5 Å². The van der Waals surface area contributed by atoms with Crippen LogP contribution in [0.3, 0.4) is 0 Å². The van der Waals surface area contributed by atoms with Gasteiger partial charge in [-0.15, -0.1) is 0 Å². The minimum absolute atomic E-state index is 0.00614. The number of ether oxygens (including phenoxy) is 1. The van der Waals surface area contributed by atoms with Crippen LogP contribution in [0.15, 0.2) is 48.5 Å². The summed E-state index contributed by atoms with van der Waals surface area (Å²) < 4.78 is 18.5. The van der Waals surface area contributed by atoms with Crippen molar-refractivity contribution in [3.8, 4) is 11.5 Å². The van der Waals surface area contributed by atoms with Crippen molar-refractivity contribution in [2.75, 3.05) is 6.54 Å². The quantitative estimate of drug-likeness (QED) is 0.801. The maximum absolute atomic E-state index is 12.9. The number of amides is 2. The highest BCUT2D eigenvalue weighted by Gasteiger charge is 2.38. The van der Waals surface area contributed by atoms with E-state index in [-0.39, 0.29) is 30.1 Å². The van der Waals surface area contributed by atoms with Gasteiger partial charge < -0.3 is 15.4 Å². The first-order chi connectivity index (χ1) is 12.5. The molecule has 1 saturated carbocycles. The van der Waals surface area contributed by atoms with Crippen LogP contribution in [0.25, 0.3) is 0 Å². The lowest BCUT2D eigenvalue weighted by Gasteiger charge is -2.09. The molecule has 2 atom stereocenters. The van der Waals surface area contributed by atoms with Crippen molar-refractivity contribution in [1.29, 1.82) is 0 Å². The molecule has 2 N–H and O–H groups in total. The van der Waals surface area contributed by atoms with Gasteiger partial charge in [0.05, 0.1) is 6.54 Å². The van der Waals surface area contributed by atoms with Crippen LogP contribution in [-0.2, 0) is 16.1 Å². The molecule has 2 amide bonds. The first-order valence-corrected chi connectivity index (χ1v) is 8.58. The molecule has 136 valence electrons. The van der Waals surface area contributed by atoms with E-state index in [4.69, 9.17) is 4.74 Å². The second-order valence-electron chi connectivity index (χ2n) is 6.51. The Morgan fingerprint density at radius 2 is 1.62 bits per heavy atom. The molecule has 0 saturated heterocycles. The standard InChI is InChI=1S/C20H21FN2O3/c1-13-10-18(13)20(25)23-12-19(24)22-11-14-2-6-16(7-3-14)26-17-8-4-15(21)5-9-17/h2-9,13,18H,10-12H2,1H3,(H,22,24)(H,23,25)/t13-,18-/m1/s1. The molecule has 0 aliphatic heterocycles. The van der Waals surface area contributed by atoms with E-state index in [1.165, 1.54) is 12.1 Å². The van der Waals surface area contributed by atoms with Gasteiger partial charge in [0.1, 0.15) is 17.3 Å². The van der Waals surface area contributed by atoms with Crippen LogP contribution in [0.1, 0.15) is 18.9 Å². The van der Waals surface area contributed by atoms with Crippen molar-refractivity contribution in [2.24, 2.45) is 11.8 Å². The van der Waals surface area contributed by atoms with Crippen molar-refractivity contribution in [1.82, 2.24) is 10.6 Å². The van der Waals surface area contributed by atoms with Crippen molar-refractivity contribution in [3.63, 3.8) is 0 Å². The molecule has 0 unspecified atom stereocenters. The molecule has 6 heteroatoms. The van der Waals surface area contributed by atoms with Gasteiger partial charge in [-0.25, -0.2) is 4.39 Å². The zero-order chi connectivity index (χ0) is 18.5. The highest BCUT2D eigenvalue weighted by Crippen LogP contribution is 2.37. The molecule has 0 spiro atoms. The summed E-state index contributed by atoms with van der Waals surface area (Å²) in [5.41, 5.74) is 0.909. The summed E-state index contributed by atoms with van der Waals surface area (Å²) in [6.07, 6.45) is 0.903. The Labute approximate surface area is 151 Å². The van der Waals surface area contributed by atoms with E-state index in [0.29, 0.717) is 24.0 Å². The smallest absolute Gasteiger partial charge is 0.239 e. The second-order valence-corrected chi connectivity index (χ2v) is 6.51. The number of carbonyl (C=O) groups excluding carboxylic acids is 2. The van der Waals surface area contributed by atoms with Crippen molar-refractivity contribution >= 4 is 11.8 Å². The Hall–Kier alpha value is -2.89. The van der Waals surface area contributed by atoms with Gasteiger partial charge in [-0.05, 0) is 54.3 Å². The van der Waals surface area contributed by atoms with E-state index in [1.54, 1.807) is 24.3 Å². The van der Waals surface area contributed by atoms with Gasteiger partial charge in [-0.3, -0.25) is 9.59 Å². The molecule has 1 aliphatic carbocycles. The summed E-state index contributed by atoms with van der Waals surface area (Å²) in [6.45, 7) is 2.38. The van der Waals surface area contributed by atoms with Gasteiger partial charge in [-0.2, -0.15) is 0 Å². The molecule has 0 radical (unpaired) electrons. The molecule has 3 rings (SSSR count). The second kappa shape index (κ2) is 7.99. The number of carbonyl (C=O) groups is 2. The van der Waals surface area contributed by atoms with Crippen LogP contribution in [0.2, 0.25) is 0 Å². The maximum atomic E-state index is 12.9. The van der Waals surface area contributed by atoms with E-state index in [0.717, 1.165) is 12.0 Å². The number of nitrogens with one attached hydrogen (secondary N) is 2. The van der Waals surface area contributed by atoms with Gasteiger partial charge >= 0.3 is 0 Å². The zero-order valence-electron chi connectivity index (χ0n) is 14.5. The molecular formula is C20H21FN2O3. The molecule has 1 aliphatic rings. The number of rotatable bonds is 7. The number of hydrogen-bond acceptors (Lipinski definition) is 3. The van der Waals surface area contributed by atoms with Crippen LogP contribution in [0, 0.1) is 17.7 Å². The topological polar surface area (TPSA) is 67.4 Å². The lowest BCUT2D eigenvalue weighted by atomic mass is 10.2. The molecule has 5 nitrogen and oxygen atoms in total. The SMILES string of the molecule is C[C@@H]1C[C@H]1C(=O)NCC(=O)NCc1ccc(Oc2ccc(F)cc2)cc1. The average Bonchev–Trinajstić information content (AvgIpc) is 3.38. The highest BCUT2D eigenvalue weighted by molar-refractivity contribution is 5.87. The van der Waals surface area contributed by atoms with E-state index < -0.39 is 0 Å². The fraction of sp³-hybridized carbons (Fsp3) is 0.300. The summed E-state index contributed by atoms with van der Waals surface area (Å²) in [5, 5.41) is 5.42. The lowest BCUT2D eigenvalue weighted by molar-refractivity contribution is -0.127. The average molecular weight is 356 g/mol. The van der Waals surface area contributed by atoms with Gasteiger partial charge in [0.2, 0.25) is 11.8 Å². The Morgan fingerprint density at radius 3 is 2.19 bits per heavy atom. The first-order valence-electron chi connectivity index (χ1n) is 8.58. The molecule has 2 aromatic rings. The van der Waals surface area contributed by atoms with Gasteiger partial charge in [0.15, 0.2) is 0 Å². The minimum Gasteiger partial charge on any atom is -0.457 e. The number of hydrogen-bond donors (Lipinski definition) is 2. The Morgan fingerprint density at radius 1 is 1.04 bits per heavy atom. The number of benzene rings is 2. The predicted molar refractivity (Wildman–Crippen MR) is 95.0 cm³/mol. The fourth-order valence-corrected chi connectivity index (χ4v) is 2.56. The molecule has 26 heavy (non-hydrogen) atoms. The van der Waals surface area contributed by atoms with Crippen molar-refractivity contribution in [3.05, 3.63) is 59.9 Å². The van der Waals surface area contributed by atoms with E-state index >= 15 is 0 Å². The largest absolute Gasteiger partial charge is 0.457 e. The molecule has 2 aromatic carbocycles. The third kappa shape index (κ3) is 5.05. The van der Waals surface area contributed by atoms with Gasteiger partial charge in [0, 0.05) is 12.5 Å². The Kier molecular flexibility index (Phi) is 5.51. The van der Waals surface area contributed by atoms with Gasteiger partial charge in [-0.1, -0.05) is 19.1 Å². The Bertz CT molecular complexity index is 775. The molecule has 0 heterocycles. The Balaban J connectivity index is 1.41. The first kappa shape index (κ1) is 17.9. The summed E-state index contributed by atoms with van der Waals surface area (Å²) >= 11 is 0. The van der Waals surface area contributed by atoms with E-state index in [2.05, 4.69) is 10.6 Å². The summed E-state index contributed by atoms with van der Waals surface area (Å²) in [6, 6.07) is 13.0. The van der Waals surface area contributed by atoms with Crippen molar-refractivity contribution in [2.45, 2.75) is 19.9 Å². The van der Waals surface area contributed by atoms with E-state index in [1.807, 2.05) is 19.1 Å². The third-order valence-corrected chi connectivity index (χ3v) is 4.33. The zero-order valence-corrected chi connectivity index (χ0v) is 14.5. The van der Waals surface area contributed by atoms with Crippen molar-refractivity contribution < 1.29 is 18.7 Å². The minimum atomic E-state index is -0.314. The maximum Gasteiger partial charge on any atom is 0.239 e. The molecule has 0 bridgehead atoms. The summed E-state index contributed by atoms with van der Waals surface area (Å²) in [4.78, 5) is 23.5. The van der Waals surface area contributed by atoms with E-state index in [9.17, 15) is 14.0 Å². The van der Waals surface area contributed by atoms with Crippen LogP contribution >= 0.6 is 0 Å². The molecule has 0 aromatic heterocycles. The lowest BCUT2D eigenvalue weighted by Crippen LogP contribution is -2.37. The van der Waals surface area contributed by atoms with Crippen LogP contribution in [0.4, 0.5) is 4.39 Å². The normalized spacial score (nSPS) is 18.1. The summed E-state index contributed by atoms with van der Waals surface area (Å²) in [7, 11) is 0. The van der Waals surface area contributed by atoms with Gasteiger partial charge in [0.25, 0.3) is 0 Å².